The van der Waals surface area contributed by atoms with Gasteiger partial charge in [0.15, 0.2) is 17.3 Å². The molecule has 2 aliphatic heterocycles. The number of aliphatic hydroxyl groups is 1. The largest absolute Gasteiger partial charge is 0.495 e. The van der Waals surface area contributed by atoms with Gasteiger partial charge in [-0.1, -0.05) is 54.6 Å². The maximum absolute atomic E-state index is 13.3. The Kier molecular flexibility index (Phi) is 4.38. The number of aromatic nitrogens is 1. The second kappa shape index (κ2) is 7.14. The lowest BCUT2D eigenvalue weighted by Gasteiger charge is -2.41. The number of nitrogens with zero attached hydrogens (tertiary/aromatic N) is 1. The Morgan fingerprint density at radius 3 is 2.53 bits per heavy atom. The molecule has 1 aliphatic carbocycles. The first-order chi connectivity index (χ1) is 16.4. The number of amides is 1. The number of methoxy groups -OCH3 is 1. The first-order valence-corrected chi connectivity index (χ1v) is 10.8. The molecule has 34 heavy (non-hydrogen) atoms. The van der Waals surface area contributed by atoms with Gasteiger partial charge in [0.05, 0.1) is 37.0 Å². The van der Waals surface area contributed by atoms with Gasteiger partial charge in [0.2, 0.25) is 0 Å². The van der Waals surface area contributed by atoms with E-state index >= 15 is 0 Å². The Morgan fingerprint density at radius 1 is 1.12 bits per heavy atom. The molecule has 2 N–H and O–H groups in total. The molecule has 1 amide bonds. The summed E-state index contributed by atoms with van der Waals surface area (Å²) >= 11 is 0. The van der Waals surface area contributed by atoms with Gasteiger partial charge in [0.25, 0.3) is 6.43 Å². The number of pyridine rings is 1. The molecular weight excluding hydrogens is 446 g/mol. The number of rotatable bonds is 4. The van der Waals surface area contributed by atoms with Crippen LogP contribution in [0.1, 0.15) is 34.6 Å². The number of alkyl halides is 2. The molecule has 1 saturated heterocycles. The summed E-state index contributed by atoms with van der Waals surface area (Å²) in [7, 11) is 1.44. The van der Waals surface area contributed by atoms with Crippen LogP contribution in [-0.2, 0) is 15.9 Å². The van der Waals surface area contributed by atoms with E-state index in [0.29, 0.717) is 11.1 Å². The fourth-order valence-corrected chi connectivity index (χ4v) is 5.85. The summed E-state index contributed by atoms with van der Waals surface area (Å²) in [6.45, 7) is 0. The molecular formula is C25H20F2N2O5. The van der Waals surface area contributed by atoms with Crippen molar-refractivity contribution >= 4 is 6.09 Å². The van der Waals surface area contributed by atoms with Gasteiger partial charge in [-0.05, 0) is 11.1 Å². The van der Waals surface area contributed by atoms with Crippen molar-refractivity contribution in [2.24, 2.45) is 0 Å². The Morgan fingerprint density at radius 2 is 1.85 bits per heavy atom. The zero-order valence-electron chi connectivity index (χ0n) is 17.9. The van der Waals surface area contributed by atoms with Crippen molar-refractivity contribution in [2.45, 2.75) is 35.7 Å². The molecule has 2 aromatic carbocycles. The van der Waals surface area contributed by atoms with E-state index in [4.69, 9.17) is 14.2 Å². The van der Waals surface area contributed by atoms with E-state index in [-0.39, 0.29) is 17.1 Å². The van der Waals surface area contributed by atoms with Gasteiger partial charge in [-0.2, -0.15) is 0 Å². The molecule has 174 valence electrons. The predicted octanol–water partition coefficient (Wildman–Crippen LogP) is 3.78. The molecule has 5 atom stereocenters. The molecule has 0 spiro atoms. The highest BCUT2D eigenvalue weighted by Gasteiger charge is 2.80. The van der Waals surface area contributed by atoms with Crippen molar-refractivity contribution in [3.05, 3.63) is 89.2 Å². The van der Waals surface area contributed by atoms with E-state index in [2.05, 4.69) is 10.3 Å². The quantitative estimate of drug-likeness (QED) is 0.609. The van der Waals surface area contributed by atoms with E-state index in [1.54, 1.807) is 0 Å². The molecule has 3 aromatic rings. The van der Waals surface area contributed by atoms with Gasteiger partial charge in [-0.25, -0.2) is 13.6 Å². The lowest BCUT2D eigenvalue weighted by Crippen LogP contribution is -2.52. The van der Waals surface area contributed by atoms with Crippen LogP contribution < -0.4 is 14.8 Å². The SMILES string of the molecule is COc1cncc2c1[C@]1(O)[C@@H]3OC(=O)N[C@@H]3[C@@H](c3ccccc3)[C@]1(c1ccc(C(F)F)cc1)O2. The number of nitrogens with one attached hydrogen (secondary N) is 1. The molecule has 0 bridgehead atoms. The monoisotopic (exact) mass is 466 g/mol. The number of carbonyl (C=O) groups excluding carboxylic acids is 1. The number of alkyl carbamates (subject to hydrolysis) is 1. The van der Waals surface area contributed by atoms with E-state index in [1.807, 2.05) is 30.3 Å². The zero-order valence-corrected chi connectivity index (χ0v) is 17.9. The van der Waals surface area contributed by atoms with Crippen LogP contribution in [-0.4, -0.2) is 35.4 Å². The van der Waals surface area contributed by atoms with Crippen LogP contribution in [0.3, 0.4) is 0 Å². The normalized spacial score (nSPS) is 30.7. The zero-order chi connectivity index (χ0) is 23.7. The Bertz CT molecular complexity index is 1270. The Hall–Kier alpha value is -3.72. The molecule has 0 radical (unpaired) electrons. The maximum atomic E-state index is 13.3. The topological polar surface area (TPSA) is 89.9 Å². The average Bonchev–Trinajstić information content (AvgIpc) is 3.42. The summed E-state index contributed by atoms with van der Waals surface area (Å²) in [5.41, 5.74) is -2.06. The smallest absolute Gasteiger partial charge is 0.407 e. The number of halogens is 2. The first kappa shape index (κ1) is 20.9. The van der Waals surface area contributed by atoms with Crippen LogP contribution >= 0.6 is 0 Å². The second-order valence-corrected chi connectivity index (χ2v) is 8.63. The fourth-order valence-electron chi connectivity index (χ4n) is 5.85. The van der Waals surface area contributed by atoms with Crippen LogP contribution in [0, 0.1) is 0 Å². The third kappa shape index (κ3) is 2.47. The van der Waals surface area contributed by atoms with Crippen molar-refractivity contribution in [3.8, 4) is 11.5 Å². The molecule has 2 fully saturated rings. The minimum Gasteiger partial charge on any atom is -0.495 e. The van der Waals surface area contributed by atoms with Gasteiger partial charge in [0.1, 0.15) is 11.5 Å². The number of benzene rings is 2. The number of ether oxygens (including phenoxy) is 3. The lowest BCUT2D eigenvalue weighted by atomic mass is 9.71. The highest BCUT2D eigenvalue weighted by molar-refractivity contribution is 5.74. The highest BCUT2D eigenvalue weighted by Crippen LogP contribution is 2.69. The van der Waals surface area contributed by atoms with Gasteiger partial charge in [-0.15, -0.1) is 0 Å². The van der Waals surface area contributed by atoms with E-state index < -0.39 is 41.8 Å². The Labute approximate surface area is 193 Å². The summed E-state index contributed by atoms with van der Waals surface area (Å²) in [5.74, 6) is -0.103. The van der Waals surface area contributed by atoms with Crippen molar-refractivity contribution in [1.29, 1.82) is 0 Å². The van der Waals surface area contributed by atoms with E-state index in [1.165, 1.54) is 43.8 Å². The van der Waals surface area contributed by atoms with Crippen LogP contribution in [0.25, 0.3) is 0 Å². The van der Waals surface area contributed by atoms with Gasteiger partial charge in [-0.3, -0.25) is 4.98 Å². The fraction of sp³-hybridized carbons (Fsp3) is 0.280. The molecule has 0 unspecified atom stereocenters. The molecule has 9 heteroatoms. The molecule has 3 aliphatic rings. The van der Waals surface area contributed by atoms with Gasteiger partial charge >= 0.3 is 6.09 Å². The van der Waals surface area contributed by atoms with Gasteiger partial charge in [0, 0.05) is 5.56 Å². The van der Waals surface area contributed by atoms with E-state index in [9.17, 15) is 18.7 Å². The van der Waals surface area contributed by atoms with Crippen LogP contribution in [0.2, 0.25) is 0 Å². The minimum absolute atomic E-state index is 0.155. The number of fused-ring (bicyclic) bond motifs is 5. The third-order valence-electron chi connectivity index (χ3n) is 7.12. The minimum atomic E-state index is -2.65. The van der Waals surface area contributed by atoms with Crippen molar-refractivity contribution in [3.63, 3.8) is 0 Å². The number of hydrogen-bond donors (Lipinski definition) is 2. The van der Waals surface area contributed by atoms with Crippen molar-refractivity contribution < 1.29 is 32.9 Å². The molecule has 7 nitrogen and oxygen atoms in total. The summed E-state index contributed by atoms with van der Waals surface area (Å²) in [6.07, 6.45) is -1.44. The van der Waals surface area contributed by atoms with Crippen molar-refractivity contribution in [1.82, 2.24) is 10.3 Å². The molecule has 1 saturated carbocycles. The summed E-state index contributed by atoms with van der Waals surface area (Å²) in [5, 5.41) is 15.4. The maximum Gasteiger partial charge on any atom is 0.407 e. The van der Waals surface area contributed by atoms with Gasteiger partial charge < -0.3 is 24.6 Å². The standard InChI is InChI=1S/C25H20F2N2O5/c1-32-16-11-28-12-17-19(16)24(31)21-20(29-23(30)33-21)18(13-5-3-2-4-6-13)25(24,34-17)15-9-7-14(8-10-15)22(26)27/h2-12,18,20-22,31H,1H3,(H,29,30)/t18-,20-,21-,24+,25+/m1/s1. The summed E-state index contributed by atoms with van der Waals surface area (Å²) < 4.78 is 44.4. The van der Waals surface area contributed by atoms with Crippen LogP contribution in [0.5, 0.6) is 11.5 Å². The molecule has 3 heterocycles. The third-order valence-corrected chi connectivity index (χ3v) is 7.12. The lowest BCUT2D eigenvalue weighted by molar-refractivity contribution is -0.147. The van der Waals surface area contributed by atoms with Crippen LogP contribution in [0.4, 0.5) is 13.6 Å². The first-order valence-electron chi connectivity index (χ1n) is 10.8. The summed E-state index contributed by atoms with van der Waals surface area (Å²) in [6, 6.07) is 14.3. The molecule has 6 rings (SSSR count). The second-order valence-electron chi connectivity index (χ2n) is 8.63. The molecule has 1 aromatic heterocycles. The Balaban J connectivity index is 1.67. The number of hydrogen-bond acceptors (Lipinski definition) is 6. The van der Waals surface area contributed by atoms with Crippen molar-refractivity contribution in [2.75, 3.05) is 7.11 Å². The average molecular weight is 466 g/mol. The summed E-state index contributed by atoms with van der Waals surface area (Å²) in [4.78, 5) is 16.5. The predicted molar refractivity (Wildman–Crippen MR) is 115 cm³/mol. The number of carbonyl (C=O) groups is 1. The van der Waals surface area contributed by atoms with Crippen LogP contribution in [0.15, 0.2) is 67.0 Å². The van der Waals surface area contributed by atoms with E-state index in [0.717, 1.165) is 5.56 Å². The highest BCUT2D eigenvalue weighted by atomic mass is 19.3.